The van der Waals surface area contributed by atoms with Crippen LogP contribution in [0.5, 0.6) is 0 Å². The van der Waals surface area contributed by atoms with Gasteiger partial charge in [-0.15, -0.1) is 0 Å². The van der Waals surface area contributed by atoms with Crippen molar-refractivity contribution in [3.63, 3.8) is 0 Å². The summed E-state index contributed by atoms with van der Waals surface area (Å²) in [6.07, 6.45) is 7.68. The van der Waals surface area contributed by atoms with E-state index in [1.54, 1.807) is 6.20 Å². The molecule has 0 aliphatic rings. The Bertz CT molecular complexity index is 457. The quantitative estimate of drug-likeness (QED) is 0.846. The third kappa shape index (κ3) is 2.94. The molecule has 1 unspecified atom stereocenters. The van der Waals surface area contributed by atoms with Crippen LogP contribution in [-0.4, -0.2) is 25.9 Å². The molecule has 2 aromatic heterocycles. The molecule has 2 heterocycles. The molecule has 1 atom stereocenters. The Kier molecular flexibility index (Phi) is 3.58. The highest BCUT2D eigenvalue weighted by Gasteiger charge is 2.10. The second kappa shape index (κ2) is 5.14. The predicted octanol–water partition coefficient (Wildman–Crippen LogP) is 1.28. The molecule has 0 bridgehead atoms. The molecule has 0 saturated heterocycles. The van der Waals surface area contributed by atoms with Gasteiger partial charge in [-0.1, -0.05) is 0 Å². The van der Waals surface area contributed by atoms with Crippen molar-refractivity contribution >= 4 is 0 Å². The summed E-state index contributed by atoms with van der Waals surface area (Å²) in [5, 5.41) is 7.84. The summed E-state index contributed by atoms with van der Waals surface area (Å²) in [5.41, 5.74) is 2.35. The van der Waals surface area contributed by atoms with Crippen molar-refractivity contribution in [1.82, 2.24) is 24.6 Å². The van der Waals surface area contributed by atoms with E-state index in [1.807, 2.05) is 31.2 Å². The summed E-state index contributed by atoms with van der Waals surface area (Å²) in [6.45, 7) is 6.07. The van der Waals surface area contributed by atoms with Crippen LogP contribution in [0, 0.1) is 6.92 Å². The largest absolute Gasteiger partial charge is 0.336 e. The smallest absolute Gasteiger partial charge is 0.0946 e. The fourth-order valence-electron chi connectivity index (χ4n) is 1.98. The topological polar surface area (TPSA) is 47.7 Å². The van der Waals surface area contributed by atoms with Crippen LogP contribution in [0.2, 0.25) is 0 Å². The average Bonchev–Trinajstić information content (AvgIpc) is 2.88. The standard InChI is InChI=1S/C12H19N5/c1-10(12-8-16(3)15-11(12)2)14-5-7-17-6-4-13-9-17/h4,6,8-10,14H,5,7H2,1-3H3. The molecule has 2 aromatic rings. The van der Waals surface area contributed by atoms with Crippen LogP contribution in [0.25, 0.3) is 0 Å². The highest BCUT2D eigenvalue weighted by atomic mass is 15.3. The van der Waals surface area contributed by atoms with Crippen molar-refractivity contribution < 1.29 is 0 Å². The van der Waals surface area contributed by atoms with Gasteiger partial charge < -0.3 is 9.88 Å². The van der Waals surface area contributed by atoms with Gasteiger partial charge in [0.2, 0.25) is 0 Å². The summed E-state index contributed by atoms with van der Waals surface area (Å²) in [5.74, 6) is 0. The number of aryl methyl sites for hydroxylation is 2. The number of hydrogen-bond donors (Lipinski definition) is 1. The van der Waals surface area contributed by atoms with E-state index in [2.05, 4.69) is 33.1 Å². The molecule has 0 aliphatic carbocycles. The van der Waals surface area contributed by atoms with Crippen LogP contribution in [0.3, 0.4) is 0 Å². The minimum atomic E-state index is 0.326. The zero-order chi connectivity index (χ0) is 12.3. The van der Waals surface area contributed by atoms with Gasteiger partial charge in [-0.3, -0.25) is 4.68 Å². The lowest BCUT2D eigenvalue weighted by molar-refractivity contribution is 0.529. The molecule has 0 aromatic carbocycles. The molecule has 1 N–H and O–H groups in total. The van der Waals surface area contributed by atoms with Crippen LogP contribution in [-0.2, 0) is 13.6 Å². The molecule has 17 heavy (non-hydrogen) atoms. The van der Waals surface area contributed by atoms with E-state index in [0.717, 1.165) is 18.8 Å². The molecule has 2 rings (SSSR count). The molecule has 0 radical (unpaired) electrons. The first-order valence-corrected chi connectivity index (χ1v) is 5.86. The lowest BCUT2D eigenvalue weighted by atomic mass is 10.1. The Morgan fingerprint density at radius 3 is 2.88 bits per heavy atom. The maximum absolute atomic E-state index is 4.35. The zero-order valence-corrected chi connectivity index (χ0v) is 10.6. The van der Waals surface area contributed by atoms with Gasteiger partial charge in [0.1, 0.15) is 0 Å². The number of hydrogen-bond acceptors (Lipinski definition) is 3. The van der Waals surface area contributed by atoms with Crippen molar-refractivity contribution in [2.24, 2.45) is 7.05 Å². The summed E-state index contributed by atoms with van der Waals surface area (Å²) in [7, 11) is 1.95. The molecule has 0 saturated carbocycles. The fourth-order valence-corrected chi connectivity index (χ4v) is 1.98. The molecular formula is C12H19N5. The summed E-state index contributed by atoms with van der Waals surface area (Å²) < 4.78 is 3.93. The van der Waals surface area contributed by atoms with Gasteiger partial charge in [0.25, 0.3) is 0 Å². The normalized spacial score (nSPS) is 12.9. The fraction of sp³-hybridized carbons (Fsp3) is 0.500. The summed E-state index contributed by atoms with van der Waals surface area (Å²) in [4.78, 5) is 4.02. The van der Waals surface area contributed by atoms with Crippen LogP contribution in [0.1, 0.15) is 24.2 Å². The number of nitrogens with zero attached hydrogens (tertiary/aromatic N) is 4. The van der Waals surface area contributed by atoms with E-state index in [9.17, 15) is 0 Å². The number of rotatable bonds is 5. The Balaban J connectivity index is 1.85. The van der Waals surface area contributed by atoms with Crippen LogP contribution in [0.15, 0.2) is 24.9 Å². The van der Waals surface area contributed by atoms with Gasteiger partial charge in [-0.25, -0.2) is 4.98 Å². The van der Waals surface area contributed by atoms with Crippen molar-refractivity contribution in [1.29, 1.82) is 0 Å². The Labute approximate surface area is 101 Å². The molecule has 0 spiro atoms. The minimum absolute atomic E-state index is 0.326. The zero-order valence-electron chi connectivity index (χ0n) is 10.6. The molecule has 92 valence electrons. The van der Waals surface area contributed by atoms with E-state index in [1.165, 1.54) is 5.56 Å². The maximum Gasteiger partial charge on any atom is 0.0946 e. The Morgan fingerprint density at radius 1 is 1.47 bits per heavy atom. The molecule has 0 aliphatic heterocycles. The van der Waals surface area contributed by atoms with Gasteiger partial charge in [0.15, 0.2) is 0 Å². The first-order valence-electron chi connectivity index (χ1n) is 5.86. The van der Waals surface area contributed by atoms with Crippen molar-refractivity contribution in [2.75, 3.05) is 6.54 Å². The predicted molar refractivity (Wildman–Crippen MR) is 66.6 cm³/mol. The minimum Gasteiger partial charge on any atom is -0.336 e. The molecule has 5 heteroatoms. The lowest BCUT2D eigenvalue weighted by Crippen LogP contribution is -2.23. The van der Waals surface area contributed by atoms with Gasteiger partial charge in [-0.05, 0) is 13.8 Å². The highest BCUT2D eigenvalue weighted by molar-refractivity contribution is 5.19. The lowest BCUT2D eigenvalue weighted by Gasteiger charge is -2.13. The van der Waals surface area contributed by atoms with Gasteiger partial charge >= 0.3 is 0 Å². The Morgan fingerprint density at radius 2 is 2.29 bits per heavy atom. The highest BCUT2D eigenvalue weighted by Crippen LogP contribution is 2.14. The van der Waals surface area contributed by atoms with E-state index < -0.39 is 0 Å². The number of imidazole rings is 1. The van der Waals surface area contributed by atoms with Crippen LogP contribution >= 0.6 is 0 Å². The monoisotopic (exact) mass is 233 g/mol. The van der Waals surface area contributed by atoms with E-state index in [0.29, 0.717) is 6.04 Å². The van der Waals surface area contributed by atoms with Crippen LogP contribution in [0.4, 0.5) is 0 Å². The first-order chi connectivity index (χ1) is 8.16. The number of aromatic nitrogens is 4. The maximum atomic E-state index is 4.35. The third-order valence-corrected chi connectivity index (χ3v) is 2.90. The molecule has 0 amide bonds. The Hall–Kier alpha value is -1.62. The molecular weight excluding hydrogens is 214 g/mol. The molecule has 5 nitrogen and oxygen atoms in total. The van der Waals surface area contributed by atoms with Gasteiger partial charge in [-0.2, -0.15) is 5.10 Å². The van der Waals surface area contributed by atoms with Gasteiger partial charge in [0, 0.05) is 50.3 Å². The summed E-state index contributed by atoms with van der Waals surface area (Å²) >= 11 is 0. The van der Waals surface area contributed by atoms with Crippen molar-refractivity contribution in [3.05, 3.63) is 36.2 Å². The van der Waals surface area contributed by atoms with Gasteiger partial charge in [0.05, 0.1) is 12.0 Å². The van der Waals surface area contributed by atoms with E-state index in [-0.39, 0.29) is 0 Å². The first kappa shape index (κ1) is 11.9. The number of nitrogens with one attached hydrogen (secondary N) is 1. The second-order valence-corrected chi connectivity index (χ2v) is 4.32. The SMILES string of the molecule is Cc1nn(C)cc1C(C)NCCn1ccnc1. The molecule has 0 fully saturated rings. The van der Waals surface area contributed by atoms with Crippen molar-refractivity contribution in [2.45, 2.75) is 26.4 Å². The average molecular weight is 233 g/mol. The van der Waals surface area contributed by atoms with Crippen LogP contribution < -0.4 is 5.32 Å². The third-order valence-electron chi connectivity index (χ3n) is 2.90. The van der Waals surface area contributed by atoms with E-state index >= 15 is 0 Å². The summed E-state index contributed by atoms with van der Waals surface area (Å²) in [6, 6.07) is 0.326. The second-order valence-electron chi connectivity index (χ2n) is 4.32. The van der Waals surface area contributed by atoms with Crippen molar-refractivity contribution in [3.8, 4) is 0 Å². The van der Waals surface area contributed by atoms with E-state index in [4.69, 9.17) is 0 Å².